The summed E-state index contributed by atoms with van der Waals surface area (Å²) in [5, 5.41) is 6.52. The summed E-state index contributed by atoms with van der Waals surface area (Å²) >= 11 is 0. The first-order chi connectivity index (χ1) is 7.24. The molecule has 0 spiro atoms. The van der Waals surface area contributed by atoms with Gasteiger partial charge in [0.2, 0.25) is 5.91 Å². The Morgan fingerprint density at radius 1 is 1.47 bits per heavy atom. The van der Waals surface area contributed by atoms with Crippen molar-refractivity contribution in [1.82, 2.24) is 10.6 Å². The molecule has 0 saturated carbocycles. The van der Waals surface area contributed by atoms with Crippen LogP contribution >= 0.6 is 0 Å². The summed E-state index contributed by atoms with van der Waals surface area (Å²) in [6.07, 6.45) is 5.45. The molecule has 3 heteroatoms. The Balaban J connectivity index is 2.28. The molecule has 3 nitrogen and oxygen atoms in total. The first-order valence-electron chi connectivity index (χ1n) is 6.25. The lowest BCUT2D eigenvalue weighted by atomic mass is 10.0. The number of hydrogen-bond acceptors (Lipinski definition) is 2. The topological polar surface area (TPSA) is 41.1 Å². The summed E-state index contributed by atoms with van der Waals surface area (Å²) in [6, 6.07) is 0.395. The fraction of sp³-hybridized carbons (Fsp3) is 0.917. The molecular formula is C12H24N2O. The van der Waals surface area contributed by atoms with Crippen LogP contribution in [-0.4, -0.2) is 25.0 Å². The minimum atomic E-state index is 0.172. The number of amides is 1. The van der Waals surface area contributed by atoms with Crippen LogP contribution in [0.3, 0.4) is 0 Å². The van der Waals surface area contributed by atoms with Gasteiger partial charge in [-0.3, -0.25) is 4.79 Å². The van der Waals surface area contributed by atoms with E-state index >= 15 is 0 Å². The minimum absolute atomic E-state index is 0.172. The second-order valence-electron chi connectivity index (χ2n) is 4.58. The van der Waals surface area contributed by atoms with E-state index in [2.05, 4.69) is 17.6 Å². The Kier molecular flexibility index (Phi) is 5.69. The fourth-order valence-electron chi connectivity index (χ4n) is 2.07. The second kappa shape index (κ2) is 6.83. The van der Waals surface area contributed by atoms with E-state index < -0.39 is 0 Å². The van der Waals surface area contributed by atoms with Crippen LogP contribution in [0.1, 0.15) is 46.0 Å². The Morgan fingerprint density at radius 3 is 3.00 bits per heavy atom. The van der Waals surface area contributed by atoms with Gasteiger partial charge in [0.1, 0.15) is 0 Å². The SMILES string of the molecule is CCCC(C)C(=O)NC1CCCNCC1. The molecule has 0 aromatic heterocycles. The average Bonchev–Trinajstić information content (AvgIpc) is 2.46. The Morgan fingerprint density at radius 2 is 2.27 bits per heavy atom. The van der Waals surface area contributed by atoms with Crippen molar-refractivity contribution in [2.24, 2.45) is 5.92 Å². The molecule has 1 aliphatic heterocycles. The largest absolute Gasteiger partial charge is 0.353 e. The van der Waals surface area contributed by atoms with Gasteiger partial charge in [-0.15, -0.1) is 0 Å². The van der Waals surface area contributed by atoms with Crippen LogP contribution in [0.2, 0.25) is 0 Å². The molecule has 2 unspecified atom stereocenters. The van der Waals surface area contributed by atoms with E-state index in [1.165, 1.54) is 6.42 Å². The zero-order valence-electron chi connectivity index (χ0n) is 10.0. The van der Waals surface area contributed by atoms with Crippen molar-refractivity contribution in [1.29, 1.82) is 0 Å². The summed E-state index contributed by atoms with van der Waals surface area (Å²) in [4.78, 5) is 11.8. The summed E-state index contributed by atoms with van der Waals surface area (Å²) in [6.45, 7) is 6.27. The van der Waals surface area contributed by atoms with E-state index in [1.54, 1.807) is 0 Å². The van der Waals surface area contributed by atoms with Crippen molar-refractivity contribution < 1.29 is 4.79 Å². The van der Waals surface area contributed by atoms with Gasteiger partial charge in [-0.25, -0.2) is 0 Å². The van der Waals surface area contributed by atoms with E-state index in [9.17, 15) is 4.79 Å². The van der Waals surface area contributed by atoms with Crippen LogP contribution in [0.4, 0.5) is 0 Å². The lowest BCUT2D eigenvalue weighted by Gasteiger charge is -2.18. The zero-order chi connectivity index (χ0) is 11.1. The third-order valence-corrected chi connectivity index (χ3v) is 3.09. The predicted octanol–water partition coefficient (Wildman–Crippen LogP) is 1.68. The van der Waals surface area contributed by atoms with Crippen LogP contribution in [0.5, 0.6) is 0 Å². The van der Waals surface area contributed by atoms with Gasteiger partial charge in [-0.2, -0.15) is 0 Å². The van der Waals surface area contributed by atoms with E-state index in [0.29, 0.717) is 6.04 Å². The number of carbonyl (C=O) groups is 1. The molecule has 0 aromatic carbocycles. The van der Waals surface area contributed by atoms with Crippen molar-refractivity contribution in [3.05, 3.63) is 0 Å². The van der Waals surface area contributed by atoms with Crippen LogP contribution in [0.15, 0.2) is 0 Å². The molecule has 2 N–H and O–H groups in total. The number of nitrogens with one attached hydrogen (secondary N) is 2. The number of carbonyl (C=O) groups excluding carboxylic acids is 1. The van der Waals surface area contributed by atoms with Crippen LogP contribution in [-0.2, 0) is 4.79 Å². The summed E-state index contributed by atoms with van der Waals surface area (Å²) in [5.74, 6) is 0.412. The molecule has 1 saturated heterocycles. The van der Waals surface area contributed by atoms with Gasteiger partial charge in [0.15, 0.2) is 0 Å². The standard InChI is InChI=1S/C12H24N2O/c1-3-5-10(2)12(15)14-11-6-4-8-13-9-7-11/h10-11,13H,3-9H2,1-2H3,(H,14,15). The second-order valence-corrected chi connectivity index (χ2v) is 4.58. The van der Waals surface area contributed by atoms with Crippen LogP contribution < -0.4 is 10.6 Å². The lowest BCUT2D eigenvalue weighted by Crippen LogP contribution is -2.38. The molecule has 0 radical (unpaired) electrons. The maximum absolute atomic E-state index is 11.8. The van der Waals surface area contributed by atoms with Gasteiger partial charge < -0.3 is 10.6 Å². The normalized spacial score (nSPS) is 24.3. The Hall–Kier alpha value is -0.570. The van der Waals surface area contributed by atoms with E-state index in [4.69, 9.17) is 0 Å². The Bertz CT molecular complexity index is 186. The molecule has 1 rings (SSSR count). The molecule has 15 heavy (non-hydrogen) atoms. The molecular weight excluding hydrogens is 188 g/mol. The third-order valence-electron chi connectivity index (χ3n) is 3.09. The van der Waals surface area contributed by atoms with Crippen molar-refractivity contribution in [3.8, 4) is 0 Å². The molecule has 88 valence electrons. The lowest BCUT2D eigenvalue weighted by molar-refractivity contribution is -0.125. The number of hydrogen-bond donors (Lipinski definition) is 2. The monoisotopic (exact) mass is 212 g/mol. The van der Waals surface area contributed by atoms with Gasteiger partial charge in [0.05, 0.1) is 0 Å². The smallest absolute Gasteiger partial charge is 0.223 e. The molecule has 1 aliphatic rings. The highest BCUT2D eigenvalue weighted by Crippen LogP contribution is 2.09. The molecule has 0 aliphatic carbocycles. The van der Waals surface area contributed by atoms with E-state index in [0.717, 1.165) is 38.8 Å². The fourth-order valence-corrected chi connectivity index (χ4v) is 2.07. The maximum atomic E-state index is 11.8. The van der Waals surface area contributed by atoms with Crippen LogP contribution in [0.25, 0.3) is 0 Å². The van der Waals surface area contributed by atoms with Crippen molar-refractivity contribution in [2.75, 3.05) is 13.1 Å². The summed E-state index contributed by atoms with van der Waals surface area (Å²) in [7, 11) is 0. The number of rotatable bonds is 4. The van der Waals surface area contributed by atoms with E-state index in [-0.39, 0.29) is 11.8 Å². The van der Waals surface area contributed by atoms with Gasteiger partial charge >= 0.3 is 0 Å². The molecule has 2 atom stereocenters. The van der Waals surface area contributed by atoms with E-state index in [1.807, 2.05) is 6.92 Å². The predicted molar refractivity (Wildman–Crippen MR) is 62.7 cm³/mol. The zero-order valence-corrected chi connectivity index (χ0v) is 10.0. The van der Waals surface area contributed by atoms with Crippen molar-refractivity contribution in [2.45, 2.75) is 52.0 Å². The van der Waals surface area contributed by atoms with Crippen molar-refractivity contribution in [3.63, 3.8) is 0 Å². The molecule has 1 heterocycles. The quantitative estimate of drug-likeness (QED) is 0.744. The molecule has 1 amide bonds. The van der Waals surface area contributed by atoms with Gasteiger partial charge in [-0.1, -0.05) is 20.3 Å². The van der Waals surface area contributed by atoms with Gasteiger partial charge in [-0.05, 0) is 38.8 Å². The highest BCUT2D eigenvalue weighted by molar-refractivity contribution is 5.78. The first kappa shape index (κ1) is 12.5. The molecule has 1 fully saturated rings. The first-order valence-corrected chi connectivity index (χ1v) is 6.25. The minimum Gasteiger partial charge on any atom is -0.353 e. The summed E-state index contributed by atoms with van der Waals surface area (Å²) < 4.78 is 0. The van der Waals surface area contributed by atoms with Crippen molar-refractivity contribution >= 4 is 5.91 Å². The van der Waals surface area contributed by atoms with Gasteiger partial charge in [0, 0.05) is 12.0 Å². The van der Waals surface area contributed by atoms with Gasteiger partial charge in [0.25, 0.3) is 0 Å². The molecule has 0 bridgehead atoms. The maximum Gasteiger partial charge on any atom is 0.223 e. The van der Waals surface area contributed by atoms with Crippen LogP contribution in [0, 0.1) is 5.92 Å². The Labute approximate surface area is 93.0 Å². The summed E-state index contributed by atoms with van der Waals surface area (Å²) in [5.41, 5.74) is 0. The average molecular weight is 212 g/mol. The highest BCUT2D eigenvalue weighted by Gasteiger charge is 2.17. The third kappa shape index (κ3) is 4.65. The molecule has 0 aromatic rings. The highest BCUT2D eigenvalue weighted by atomic mass is 16.1.